The van der Waals surface area contributed by atoms with Crippen LogP contribution in [0, 0.1) is 11.3 Å². The average molecular weight is 354 g/mol. The average Bonchev–Trinajstić information content (AvgIpc) is 2.81. The SMILES string of the molecule is CCNC(=NCC(C)(C)C(N)=O)NCC(C(C)C)N1CCCCCC1. The van der Waals surface area contributed by atoms with Crippen LogP contribution in [-0.4, -0.2) is 55.5 Å². The number of carbonyl (C=O) groups excluding carboxylic acids is 1. The number of guanidine groups is 1. The van der Waals surface area contributed by atoms with Gasteiger partial charge in [-0.25, -0.2) is 0 Å². The summed E-state index contributed by atoms with van der Waals surface area (Å²) in [5, 5.41) is 6.75. The maximum absolute atomic E-state index is 11.5. The number of nitrogens with zero attached hydrogens (tertiary/aromatic N) is 2. The smallest absolute Gasteiger partial charge is 0.224 e. The molecule has 1 atom stereocenters. The van der Waals surface area contributed by atoms with Gasteiger partial charge in [0.1, 0.15) is 0 Å². The summed E-state index contributed by atoms with van der Waals surface area (Å²) in [7, 11) is 0. The number of hydrogen-bond acceptors (Lipinski definition) is 3. The van der Waals surface area contributed by atoms with E-state index in [-0.39, 0.29) is 5.91 Å². The van der Waals surface area contributed by atoms with Gasteiger partial charge in [0, 0.05) is 19.1 Å². The third-order valence-electron chi connectivity index (χ3n) is 5.00. The zero-order chi connectivity index (χ0) is 18.9. The first-order valence-corrected chi connectivity index (χ1v) is 9.84. The summed E-state index contributed by atoms with van der Waals surface area (Å²) in [5.41, 5.74) is 4.81. The minimum absolute atomic E-state index is 0.322. The molecule has 1 unspecified atom stereocenters. The van der Waals surface area contributed by atoms with Gasteiger partial charge in [0.15, 0.2) is 5.96 Å². The molecule has 1 aliphatic heterocycles. The van der Waals surface area contributed by atoms with Gasteiger partial charge in [-0.3, -0.25) is 14.7 Å². The lowest BCUT2D eigenvalue weighted by Crippen LogP contribution is -2.50. The Morgan fingerprint density at radius 2 is 1.76 bits per heavy atom. The van der Waals surface area contributed by atoms with E-state index < -0.39 is 5.41 Å². The summed E-state index contributed by atoms with van der Waals surface area (Å²) in [6.07, 6.45) is 5.29. The predicted octanol–water partition coefficient (Wildman–Crippen LogP) is 1.95. The number of nitrogens with one attached hydrogen (secondary N) is 2. The molecule has 25 heavy (non-hydrogen) atoms. The largest absolute Gasteiger partial charge is 0.369 e. The van der Waals surface area contributed by atoms with Crippen molar-refractivity contribution in [3.05, 3.63) is 0 Å². The number of primary amides is 1. The van der Waals surface area contributed by atoms with Crippen molar-refractivity contribution in [2.24, 2.45) is 22.1 Å². The first kappa shape index (κ1) is 21.7. The van der Waals surface area contributed by atoms with Crippen LogP contribution in [0.4, 0.5) is 0 Å². The highest BCUT2D eigenvalue weighted by atomic mass is 16.1. The second kappa shape index (κ2) is 10.6. The molecular formula is C19H39N5O. The third-order valence-corrected chi connectivity index (χ3v) is 5.00. The van der Waals surface area contributed by atoms with Crippen LogP contribution in [0.2, 0.25) is 0 Å². The number of aliphatic imine (C=N–C) groups is 1. The van der Waals surface area contributed by atoms with Crippen molar-refractivity contribution in [3.63, 3.8) is 0 Å². The summed E-state index contributed by atoms with van der Waals surface area (Å²) < 4.78 is 0. The summed E-state index contributed by atoms with van der Waals surface area (Å²) in [6, 6.07) is 0.492. The Morgan fingerprint density at radius 1 is 1.16 bits per heavy atom. The second-order valence-corrected chi connectivity index (χ2v) is 8.09. The van der Waals surface area contributed by atoms with Crippen LogP contribution in [-0.2, 0) is 4.79 Å². The first-order valence-electron chi connectivity index (χ1n) is 9.84. The normalized spacial score (nSPS) is 18.7. The van der Waals surface area contributed by atoms with Crippen LogP contribution < -0.4 is 16.4 Å². The quantitative estimate of drug-likeness (QED) is 0.460. The zero-order valence-corrected chi connectivity index (χ0v) is 16.9. The third kappa shape index (κ3) is 7.63. The molecule has 1 heterocycles. The van der Waals surface area contributed by atoms with E-state index in [0.717, 1.165) is 19.0 Å². The molecule has 4 N–H and O–H groups in total. The van der Waals surface area contributed by atoms with Crippen molar-refractivity contribution in [3.8, 4) is 0 Å². The molecule has 146 valence electrons. The number of likely N-dealkylation sites (tertiary alicyclic amines) is 1. The molecule has 0 aliphatic carbocycles. The Balaban J connectivity index is 2.70. The summed E-state index contributed by atoms with van der Waals surface area (Å²) in [6.45, 7) is 14.7. The van der Waals surface area contributed by atoms with Crippen LogP contribution in [0.5, 0.6) is 0 Å². The molecule has 0 aromatic heterocycles. The van der Waals surface area contributed by atoms with Gasteiger partial charge in [0.25, 0.3) is 0 Å². The summed E-state index contributed by atoms with van der Waals surface area (Å²) in [5.74, 6) is 1.02. The van der Waals surface area contributed by atoms with E-state index in [9.17, 15) is 4.79 Å². The van der Waals surface area contributed by atoms with Gasteiger partial charge in [-0.2, -0.15) is 0 Å². The highest BCUT2D eigenvalue weighted by Gasteiger charge is 2.25. The van der Waals surface area contributed by atoms with Crippen molar-refractivity contribution in [2.75, 3.05) is 32.7 Å². The van der Waals surface area contributed by atoms with Crippen molar-refractivity contribution in [2.45, 2.75) is 66.3 Å². The van der Waals surface area contributed by atoms with Crippen LogP contribution in [0.3, 0.4) is 0 Å². The van der Waals surface area contributed by atoms with Gasteiger partial charge in [-0.05, 0) is 52.6 Å². The lowest BCUT2D eigenvalue weighted by atomic mass is 9.93. The van der Waals surface area contributed by atoms with Crippen molar-refractivity contribution in [1.82, 2.24) is 15.5 Å². The molecule has 1 aliphatic rings. The molecule has 0 saturated carbocycles. The van der Waals surface area contributed by atoms with Crippen LogP contribution >= 0.6 is 0 Å². The van der Waals surface area contributed by atoms with E-state index >= 15 is 0 Å². The Hall–Kier alpha value is -1.30. The fourth-order valence-corrected chi connectivity index (χ4v) is 3.11. The van der Waals surface area contributed by atoms with Crippen molar-refractivity contribution in [1.29, 1.82) is 0 Å². The zero-order valence-electron chi connectivity index (χ0n) is 16.9. The van der Waals surface area contributed by atoms with Crippen molar-refractivity contribution < 1.29 is 4.79 Å². The lowest BCUT2D eigenvalue weighted by Gasteiger charge is -2.34. The molecular weight excluding hydrogens is 314 g/mol. The molecule has 0 radical (unpaired) electrons. The first-order chi connectivity index (χ1) is 11.8. The molecule has 0 spiro atoms. The van der Waals surface area contributed by atoms with Gasteiger partial charge in [0.05, 0.1) is 12.0 Å². The molecule has 6 heteroatoms. The van der Waals surface area contributed by atoms with E-state index in [1.165, 1.54) is 38.8 Å². The molecule has 6 nitrogen and oxygen atoms in total. The Kier molecular flexibility index (Phi) is 9.25. The van der Waals surface area contributed by atoms with Crippen LogP contribution in [0.1, 0.15) is 60.3 Å². The highest BCUT2D eigenvalue weighted by Crippen LogP contribution is 2.17. The topological polar surface area (TPSA) is 82.7 Å². The fourth-order valence-electron chi connectivity index (χ4n) is 3.11. The molecule has 1 rings (SSSR count). The number of carbonyl (C=O) groups is 1. The predicted molar refractivity (Wildman–Crippen MR) is 106 cm³/mol. The van der Waals surface area contributed by atoms with Gasteiger partial charge < -0.3 is 16.4 Å². The van der Waals surface area contributed by atoms with Crippen LogP contribution in [0.15, 0.2) is 4.99 Å². The summed E-state index contributed by atoms with van der Waals surface area (Å²) >= 11 is 0. The number of rotatable bonds is 8. The van der Waals surface area contributed by atoms with E-state index in [1.54, 1.807) is 0 Å². The van der Waals surface area contributed by atoms with E-state index in [4.69, 9.17) is 5.73 Å². The van der Waals surface area contributed by atoms with Gasteiger partial charge >= 0.3 is 0 Å². The number of amides is 1. The minimum atomic E-state index is -0.634. The fraction of sp³-hybridized carbons (Fsp3) is 0.895. The van der Waals surface area contributed by atoms with E-state index in [1.807, 2.05) is 20.8 Å². The Labute approximate surface area is 154 Å². The van der Waals surface area contributed by atoms with Gasteiger partial charge in [0.2, 0.25) is 5.91 Å². The second-order valence-electron chi connectivity index (χ2n) is 8.09. The maximum atomic E-state index is 11.5. The summed E-state index contributed by atoms with van der Waals surface area (Å²) in [4.78, 5) is 18.7. The lowest BCUT2D eigenvalue weighted by molar-refractivity contribution is -0.125. The van der Waals surface area contributed by atoms with E-state index in [2.05, 4.69) is 34.4 Å². The monoisotopic (exact) mass is 353 g/mol. The molecule has 0 bridgehead atoms. The highest BCUT2D eigenvalue weighted by molar-refractivity contribution is 5.82. The van der Waals surface area contributed by atoms with Gasteiger partial charge in [-0.1, -0.05) is 26.7 Å². The molecule has 1 amide bonds. The molecule has 0 aromatic carbocycles. The molecule has 0 aromatic rings. The number of hydrogen-bond donors (Lipinski definition) is 3. The standard InChI is InChI=1S/C19H39N5O/c1-6-21-18(23-14-19(4,5)17(20)25)22-13-16(15(2)3)24-11-9-7-8-10-12-24/h15-16H,6-14H2,1-5H3,(H2,20,25)(H2,21,22,23). The van der Waals surface area contributed by atoms with E-state index in [0.29, 0.717) is 18.5 Å². The van der Waals surface area contributed by atoms with Crippen molar-refractivity contribution >= 4 is 11.9 Å². The minimum Gasteiger partial charge on any atom is -0.369 e. The van der Waals surface area contributed by atoms with Crippen LogP contribution in [0.25, 0.3) is 0 Å². The molecule has 1 saturated heterocycles. The Morgan fingerprint density at radius 3 is 2.24 bits per heavy atom. The molecule has 1 fully saturated rings. The number of nitrogens with two attached hydrogens (primary N) is 1. The van der Waals surface area contributed by atoms with Gasteiger partial charge in [-0.15, -0.1) is 0 Å². The Bertz CT molecular complexity index is 426. The maximum Gasteiger partial charge on any atom is 0.224 e.